The predicted molar refractivity (Wildman–Crippen MR) is 50.7 cm³/mol. The molecule has 1 aromatic rings. The van der Waals surface area contributed by atoms with E-state index in [9.17, 15) is 22.4 Å². The van der Waals surface area contributed by atoms with Gasteiger partial charge in [-0.3, -0.25) is 4.79 Å². The number of alkyl halides is 4. The number of aliphatic carboxylic acids is 1. The van der Waals surface area contributed by atoms with Gasteiger partial charge in [0.15, 0.2) is 0 Å². The molecule has 0 aliphatic carbocycles. The van der Waals surface area contributed by atoms with E-state index in [2.05, 4.69) is 15.9 Å². The Kier molecular flexibility index (Phi) is 3.57. The van der Waals surface area contributed by atoms with Crippen LogP contribution in [0.3, 0.4) is 0 Å². The van der Waals surface area contributed by atoms with Gasteiger partial charge in [-0.05, 0) is 17.7 Å². The van der Waals surface area contributed by atoms with Crippen LogP contribution in [0.1, 0.15) is 16.0 Å². The maximum absolute atomic E-state index is 12.8. The average molecular weight is 301 g/mol. The number of carbonyl (C=O) groups is 1. The Morgan fingerprint density at radius 1 is 1.38 bits per heavy atom. The molecule has 1 rings (SSSR count). The molecule has 0 aliphatic heterocycles. The first-order valence-corrected chi connectivity index (χ1v) is 4.88. The van der Waals surface area contributed by atoms with E-state index in [-0.39, 0.29) is 5.56 Å². The van der Waals surface area contributed by atoms with Crippen molar-refractivity contribution < 1.29 is 27.5 Å². The van der Waals surface area contributed by atoms with Crippen LogP contribution in [0.15, 0.2) is 18.2 Å². The van der Waals surface area contributed by atoms with Gasteiger partial charge in [-0.2, -0.15) is 13.2 Å². The highest BCUT2D eigenvalue weighted by molar-refractivity contribution is 9.09. The fourth-order valence-electron chi connectivity index (χ4n) is 1.06. The van der Waals surface area contributed by atoms with Gasteiger partial charge in [0.1, 0.15) is 10.6 Å². The van der Waals surface area contributed by atoms with Gasteiger partial charge in [-0.15, -0.1) is 0 Å². The van der Waals surface area contributed by atoms with Crippen LogP contribution in [0.2, 0.25) is 0 Å². The molecule has 0 amide bonds. The van der Waals surface area contributed by atoms with Gasteiger partial charge in [0, 0.05) is 0 Å². The minimum absolute atomic E-state index is 0.166. The Bertz CT molecular complexity index is 416. The summed E-state index contributed by atoms with van der Waals surface area (Å²) in [5, 5.41) is 8.58. The van der Waals surface area contributed by atoms with Crippen molar-refractivity contribution in [3.8, 4) is 0 Å². The third-order valence-electron chi connectivity index (χ3n) is 1.81. The number of benzene rings is 1. The van der Waals surface area contributed by atoms with Crippen molar-refractivity contribution in [3.63, 3.8) is 0 Å². The summed E-state index contributed by atoms with van der Waals surface area (Å²) in [5.41, 5.74) is -1.64. The van der Waals surface area contributed by atoms with Gasteiger partial charge in [-0.25, -0.2) is 4.39 Å². The minimum Gasteiger partial charge on any atom is -0.480 e. The molecule has 16 heavy (non-hydrogen) atoms. The molecule has 1 N–H and O–H groups in total. The van der Waals surface area contributed by atoms with E-state index >= 15 is 0 Å². The molecule has 1 unspecified atom stereocenters. The Labute approximate surface area is 96.0 Å². The second-order valence-electron chi connectivity index (χ2n) is 2.94. The van der Waals surface area contributed by atoms with Crippen molar-refractivity contribution in [2.24, 2.45) is 0 Å². The van der Waals surface area contributed by atoms with Gasteiger partial charge >= 0.3 is 12.1 Å². The quantitative estimate of drug-likeness (QED) is 0.672. The molecule has 0 heterocycles. The van der Waals surface area contributed by atoms with E-state index in [1.165, 1.54) is 0 Å². The minimum atomic E-state index is -4.84. The summed E-state index contributed by atoms with van der Waals surface area (Å²) in [6.07, 6.45) is -4.84. The maximum Gasteiger partial charge on any atom is 0.419 e. The zero-order valence-corrected chi connectivity index (χ0v) is 9.14. The zero-order valence-electron chi connectivity index (χ0n) is 7.55. The highest BCUT2D eigenvalue weighted by Gasteiger charge is 2.35. The monoisotopic (exact) mass is 300 g/mol. The van der Waals surface area contributed by atoms with Crippen molar-refractivity contribution in [3.05, 3.63) is 35.1 Å². The third-order valence-corrected chi connectivity index (χ3v) is 2.73. The summed E-state index contributed by atoms with van der Waals surface area (Å²) in [7, 11) is 0. The second kappa shape index (κ2) is 4.40. The lowest BCUT2D eigenvalue weighted by Gasteiger charge is -2.11. The summed E-state index contributed by atoms with van der Waals surface area (Å²) in [5.74, 6) is -2.78. The largest absolute Gasteiger partial charge is 0.480 e. The first-order chi connectivity index (χ1) is 7.23. The fraction of sp³-hybridized carbons (Fsp3) is 0.222. The second-order valence-corrected chi connectivity index (χ2v) is 3.85. The highest BCUT2D eigenvalue weighted by Crippen LogP contribution is 2.34. The molecule has 0 bridgehead atoms. The molecule has 0 aromatic heterocycles. The lowest BCUT2D eigenvalue weighted by atomic mass is 10.1. The summed E-state index contributed by atoms with van der Waals surface area (Å²) < 4.78 is 49.7. The van der Waals surface area contributed by atoms with Crippen LogP contribution in [0.5, 0.6) is 0 Å². The van der Waals surface area contributed by atoms with Gasteiger partial charge < -0.3 is 5.11 Å². The topological polar surface area (TPSA) is 37.3 Å². The zero-order chi connectivity index (χ0) is 12.5. The van der Waals surface area contributed by atoms with Crippen molar-refractivity contribution in [2.75, 3.05) is 0 Å². The van der Waals surface area contributed by atoms with E-state index in [1.807, 2.05) is 0 Å². The van der Waals surface area contributed by atoms with Crippen LogP contribution in [0.25, 0.3) is 0 Å². The first-order valence-electron chi connectivity index (χ1n) is 3.97. The number of halogens is 5. The fourth-order valence-corrected chi connectivity index (χ4v) is 1.35. The van der Waals surface area contributed by atoms with E-state index in [0.717, 1.165) is 6.07 Å². The van der Waals surface area contributed by atoms with E-state index in [4.69, 9.17) is 5.11 Å². The van der Waals surface area contributed by atoms with Crippen LogP contribution in [0, 0.1) is 5.82 Å². The Hall–Kier alpha value is -1.11. The molecule has 0 spiro atoms. The molecule has 7 heteroatoms. The predicted octanol–water partition coefficient (Wildman–Crippen LogP) is 3.37. The van der Waals surface area contributed by atoms with Gasteiger partial charge in [0.25, 0.3) is 0 Å². The molecular formula is C9H5BrF4O2. The van der Waals surface area contributed by atoms with Crippen LogP contribution in [0.4, 0.5) is 17.6 Å². The summed E-state index contributed by atoms with van der Waals surface area (Å²) >= 11 is 2.69. The molecular weight excluding hydrogens is 296 g/mol. The van der Waals surface area contributed by atoms with Gasteiger partial charge in [0.2, 0.25) is 0 Å². The highest BCUT2D eigenvalue weighted by atomic mass is 79.9. The SMILES string of the molecule is O=C(O)C(Br)c1ccc(F)c(C(F)(F)F)c1. The molecule has 0 saturated heterocycles. The lowest BCUT2D eigenvalue weighted by molar-refractivity contribution is -0.140. The number of carboxylic acids is 1. The standard InChI is InChI=1S/C9H5BrF4O2/c10-7(8(15)16)4-1-2-6(11)5(3-4)9(12,13)14/h1-3,7H,(H,15,16). The van der Waals surface area contributed by atoms with Crippen molar-refractivity contribution in [1.82, 2.24) is 0 Å². The van der Waals surface area contributed by atoms with Crippen molar-refractivity contribution in [2.45, 2.75) is 11.0 Å². The molecule has 0 fully saturated rings. The third kappa shape index (κ3) is 2.72. The van der Waals surface area contributed by atoms with Crippen LogP contribution >= 0.6 is 15.9 Å². The number of hydrogen-bond acceptors (Lipinski definition) is 1. The normalized spacial score (nSPS) is 13.6. The molecule has 1 atom stereocenters. The van der Waals surface area contributed by atoms with E-state index in [1.54, 1.807) is 0 Å². The van der Waals surface area contributed by atoms with E-state index < -0.39 is 28.4 Å². The van der Waals surface area contributed by atoms with Gasteiger partial charge in [0.05, 0.1) is 5.56 Å². The molecule has 0 saturated carbocycles. The summed E-state index contributed by atoms with van der Waals surface area (Å²) in [6, 6.07) is 2.05. The maximum atomic E-state index is 12.8. The average Bonchev–Trinajstić information content (AvgIpc) is 2.15. The smallest absolute Gasteiger partial charge is 0.419 e. The molecule has 2 nitrogen and oxygen atoms in total. The lowest BCUT2D eigenvalue weighted by Crippen LogP contribution is -2.11. The molecule has 88 valence electrons. The number of hydrogen-bond donors (Lipinski definition) is 1. The summed E-state index contributed by atoms with van der Waals surface area (Å²) in [6.45, 7) is 0. The van der Waals surface area contributed by atoms with Gasteiger partial charge in [-0.1, -0.05) is 22.0 Å². The Balaban J connectivity index is 3.23. The first kappa shape index (κ1) is 13.0. The number of carboxylic acid groups (broad SMARTS) is 1. The van der Waals surface area contributed by atoms with Crippen LogP contribution < -0.4 is 0 Å². The van der Waals surface area contributed by atoms with E-state index in [0.29, 0.717) is 12.1 Å². The molecule has 0 radical (unpaired) electrons. The van der Waals surface area contributed by atoms with Crippen molar-refractivity contribution >= 4 is 21.9 Å². The van der Waals surface area contributed by atoms with Crippen molar-refractivity contribution in [1.29, 1.82) is 0 Å². The molecule has 0 aliphatic rings. The Morgan fingerprint density at radius 2 is 1.94 bits per heavy atom. The molecule has 1 aromatic carbocycles. The van der Waals surface area contributed by atoms with Crippen LogP contribution in [-0.4, -0.2) is 11.1 Å². The Morgan fingerprint density at radius 3 is 2.38 bits per heavy atom. The van der Waals surface area contributed by atoms with Crippen LogP contribution in [-0.2, 0) is 11.0 Å². The number of rotatable bonds is 2. The summed E-state index contributed by atoms with van der Waals surface area (Å²) in [4.78, 5) is 9.23.